The molecule has 0 amide bonds. The molecule has 12 heteroatoms. The van der Waals surface area contributed by atoms with Crippen LogP contribution in [0, 0.1) is 0 Å². The summed E-state index contributed by atoms with van der Waals surface area (Å²) >= 11 is 0. The first kappa shape index (κ1) is 26.6. The van der Waals surface area contributed by atoms with Crippen molar-refractivity contribution >= 4 is 20.2 Å². The van der Waals surface area contributed by atoms with Gasteiger partial charge in [0.05, 0.1) is 31.7 Å². The Bertz CT molecular complexity index is 400. The minimum absolute atomic E-state index is 0. The molecule has 0 aliphatic rings. The van der Waals surface area contributed by atoms with Gasteiger partial charge >= 0.3 is 59.1 Å². The van der Waals surface area contributed by atoms with Gasteiger partial charge in [-0.15, -0.1) is 0 Å². The Morgan fingerprint density at radius 1 is 0.700 bits per heavy atom. The topological polar surface area (TPSA) is 121 Å². The smallest absolute Gasteiger partial charge is 0.748 e. The van der Waals surface area contributed by atoms with E-state index in [4.69, 9.17) is 0 Å². The summed E-state index contributed by atoms with van der Waals surface area (Å²) in [6.45, 7) is 1.20. The molecule has 20 heavy (non-hydrogen) atoms. The van der Waals surface area contributed by atoms with Gasteiger partial charge in [-0.05, 0) is 14.1 Å². The largest absolute Gasteiger partial charge is 1.00 e. The zero-order valence-electron chi connectivity index (χ0n) is 12.4. The fraction of sp³-hybridized carbons (Fsp3) is 1.00. The normalized spacial score (nSPS) is 12.1. The third kappa shape index (κ3) is 19.7. The van der Waals surface area contributed by atoms with Gasteiger partial charge in [0, 0.05) is 26.2 Å². The van der Waals surface area contributed by atoms with Crippen molar-refractivity contribution in [2.24, 2.45) is 0 Å². The summed E-state index contributed by atoms with van der Waals surface area (Å²) < 4.78 is 62.4. The van der Waals surface area contributed by atoms with Crippen LogP contribution in [-0.4, -0.2) is 87.5 Å². The third-order valence-corrected chi connectivity index (χ3v) is 3.67. The maximum Gasteiger partial charge on any atom is 1.00 e. The van der Waals surface area contributed by atoms with Crippen molar-refractivity contribution < 1.29 is 85.1 Å². The van der Waals surface area contributed by atoms with E-state index in [1.54, 1.807) is 23.9 Å². The molecule has 0 heterocycles. The summed E-state index contributed by atoms with van der Waals surface area (Å²) in [5, 5.41) is 0. The van der Waals surface area contributed by atoms with Gasteiger partial charge in [-0.3, -0.25) is 0 Å². The Morgan fingerprint density at radius 2 is 0.950 bits per heavy atom. The van der Waals surface area contributed by atoms with Crippen molar-refractivity contribution in [3.8, 4) is 0 Å². The summed E-state index contributed by atoms with van der Waals surface area (Å²) in [5.41, 5.74) is 0. The molecule has 8 nitrogen and oxygen atoms in total. The number of hydrogen-bond acceptors (Lipinski definition) is 8. The van der Waals surface area contributed by atoms with Crippen LogP contribution in [-0.2, 0) is 20.2 Å². The predicted molar refractivity (Wildman–Crippen MR) is 64.1 cm³/mol. The second kappa shape index (κ2) is 12.2. The average Bonchev–Trinajstić information content (AvgIpc) is 2.18. The van der Waals surface area contributed by atoms with Gasteiger partial charge in [-0.1, -0.05) is 0 Å². The van der Waals surface area contributed by atoms with E-state index >= 15 is 0 Å². The molecule has 0 aromatic rings. The zero-order chi connectivity index (χ0) is 14.4. The predicted octanol–water partition coefficient (Wildman–Crippen LogP) is -8.05. The molecule has 0 aromatic carbocycles. The maximum absolute atomic E-state index is 10.4. The molecular formula is C8H18N2Na2O6S2. The Kier molecular flexibility index (Phi) is 16.2. The Balaban J connectivity index is -0.00000144. The molecule has 0 rings (SSSR count). The van der Waals surface area contributed by atoms with Crippen LogP contribution < -0.4 is 59.1 Å². The quantitative estimate of drug-likeness (QED) is 0.298. The van der Waals surface area contributed by atoms with Gasteiger partial charge in [0.15, 0.2) is 0 Å². The van der Waals surface area contributed by atoms with Crippen LogP contribution in [0.2, 0.25) is 0 Å². The third-order valence-electron chi connectivity index (χ3n) is 2.31. The van der Waals surface area contributed by atoms with Crippen molar-refractivity contribution in [1.82, 2.24) is 9.80 Å². The summed E-state index contributed by atoms with van der Waals surface area (Å²) in [4.78, 5) is 3.30. The van der Waals surface area contributed by atoms with Crippen LogP contribution in [0.4, 0.5) is 0 Å². The van der Waals surface area contributed by atoms with Gasteiger partial charge in [0.1, 0.15) is 0 Å². The van der Waals surface area contributed by atoms with E-state index in [1.165, 1.54) is 0 Å². The summed E-state index contributed by atoms with van der Waals surface area (Å²) in [6.07, 6.45) is 0. The minimum atomic E-state index is -4.21. The van der Waals surface area contributed by atoms with E-state index in [0.29, 0.717) is 13.1 Å². The molecule has 0 aromatic heterocycles. The first-order valence-corrected chi connectivity index (χ1v) is 8.39. The standard InChI is InChI=1S/C8H20N2O6S2.2Na/c1-9(5-7-17(11,12)13)3-4-10(2)6-8-18(14,15)16;;/h3-8H2,1-2H3,(H,11,12,13)(H,14,15,16);;/q;2*+1/p-2. The molecule has 0 aliphatic heterocycles. The molecule has 0 radical (unpaired) electrons. The van der Waals surface area contributed by atoms with Gasteiger partial charge in [0.2, 0.25) is 0 Å². The summed E-state index contributed by atoms with van der Waals surface area (Å²) in [7, 11) is -5.11. The first-order chi connectivity index (χ1) is 7.99. The van der Waals surface area contributed by atoms with E-state index in [0.717, 1.165) is 0 Å². The maximum atomic E-state index is 10.4. The van der Waals surface area contributed by atoms with Crippen molar-refractivity contribution in [1.29, 1.82) is 0 Å². The van der Waals surface area contributed by atoms with Crippen LogP contribution in [0.1, 0.15) is 0 Å². The molecular weight excluding hydrogens is 330 g/mol. The van der Waals surface area contributed by atoms with Gasteiger partial charge in [-0.2, -0.15) is 0 Å². The van der Waals surface area contributed by atoms with Crippen LogP contribution in [0.25, 0.3) is 0 Å². The molecule has 0 spiro atoms. The number of hydrogen-bond donors (Lipinski definition) is 0. The number of likely N-dealkylation sites (N-methyl/N-ethyl adjacent to an activating group) is 2. The molecule has 0 saturated carbocycles. The Morgan fingerprint density at radius 3 is 1.15 bits per heavy atom. The molecule has 0 fully saturated rings. The van der Waals surface area contributed by atoms with E-state index in [1.807, 2.05) is 0 Å². The van der Waals surface area contributed by atoms with Crippen LogP contribution in [0.5, 0.6) is 0 Å². The van der Waals surface area contributed by atoms with Gasteiger partial charge in [0.25, 0.3) is 0 Å². The fourth-order valence-electron chi connectivity index (χ4n) is 1.10. The Hall–Kier alpha value is 1.74. The molecule has 0 aliphatic carbocycles. The molecule has 0 saturated heterocycles. The SMILES string of the molecule is CN(CCN(C)CCS(=O)(=O)[O-])CCS(=O)(=O)[O-].[Na+].[Na+]. The van der Waals surface area contributed by atoms with E-state index in [9.17, 15) is 25.9 Å². The van der Waals surface area contributed by atoms with E-state index in [2.05, 4.69) is 0 Å². The van der Waals surface area contributed by atoms with Crippen molar-refractivity contribution in [2.45, 2.75) is 0 Å². The summed E-state index contributed by atoms with van der Waals surface area (Å²) in [6, 6.07) is 0. The second-order valence-electron chi connectivity index (χ2n) is 4.13. The van der Waals surface area contributed by atoms with Gasteiger partial charge < -0.3 is 18.9 Å². The Labute approximate surface area is 165 Å². The molecule has 110 valence electrons. The monoisotopic (exact) mass is 348 g/mol. The van der Waals surface area contributed by atoms with Crippen molar-refractivity contribution in [3.05, 3.63) is 0 Å². The van der Waals surface area contributed by atoms with Crippen LogP contribution in [0.3, 0.4) is 0 Å². The molecule has 0 N–H and O–H groups in total. The van der Waals surface area contributed by atoms with Crippen LogP contribution >= 0.6 is 0 Å². The first-order valence-electron chi connectivity index (χ1n) is 5.24. The minimum Gasteiger partial charge on any atom is -0.748 e. The van der Waals surface area contributed by atoms with Crippen LogP contribution in [0.15, 0.2) is 0 Å². The van der Waals surface area contributed by atoms with Gasteiger partial charge in [-0.25, -0.2) is 16.8 Å². The second-order valence-corrected chi connectivity index (χ2v) is 7.18. The fourth-order valence-corrected chi connectivity index (χ4v) is 2.17. The molecule has 0 atom stereocenters. The number of nitrogens with zero attached hydrogens (tertiary/aromatic N) is 2. The van der Waals surface area contributed by atoms with Crippen molar-refractivity contribution in [2.75, 3.05) is 51.8 Å². The van der Waals surface area contributed by atoms with Crippen molar-refractivity contribution in [3.63, 3.8) is 0 Å². The van der Waals surface area contributed by atoms with E-state index in [-0.39, 0.29) is 72.2 Å². The number of rotatable bonds is 9. The van der Waals surface area contributed by atoms with E-state index < -0.39 is 31.7 Å². The zero-order valence-corrected chi connectivity index (χ0v) is 18.0. The summed E-state index contributed by atoms with van der Waals surface area (Å²) in [5.74, 6) is -0.912. The molecule has 0 bridgehead atoms. The molecule has 0 unspecified atom stereocenters. The average molecular weight is 348 g/mol.